The Hall–Kier alpha value is -2.04. The number of rotatable bonds is 12. The van der Waals surface area contributed by atoms with E-state index in [2.05, 4.69) is 27.8 Å². The zero-order valence-electron chi connectivity index (χ0n) is 21.5. The molecule has 36 heavy (non-hydrogen) atoms. The van der Waals surface area contributed by atoms with Gasteiger partial charge in [-0.2, -0.15) is 0 Å². The Bertz CT molecular complexity index is 889. The molecule has 0 radical (unpaired) electrons. The van der Waals surface area contributed by atoms with Gasteiger partial charge in [0.1, 0.15) is 17.7 Å². The highest BCUT2D eigenvalue weighted by molar-refractivity contribution is 9.10. The lowest BCUT2D eigenvalue weighted by atomic mass is 10.1. The largest absolute Gasteiger partial charge is 0.467 e. The summed E-state index contributed by atoms with van der Waals surface area (Å²) in [6.45, 7) is 9.23. The summed E-state index contributed by atoms with van der Waals surface area (Å²) in [7, 11) is 1.30. The molecule has 1 N–H and O–H groups in total. The summed E-state index contributed by atoms with van der Waals surface area (Å²) in [5.74, 6) is -0.857. The lowest BCUT2D eigenvalue weighted by molar-refractivity contribution is -0.151. The highest BCUT2D eigenvalue weighted by Gasteiger charge is 2.43. The van der Waals surface area contributed by atoms with Gasteiger partial charge in [0.2, 0.25) is 5.91 Å². The van der Waals surface area contributed by atoms with Crippen LogP contribution in [0.4, 0.5) is 4.79 Å². The predicted octanol–water partition coefficient (Wildman–Crippen LogP) is 5.65. The van der Waals surface area contributed by atoms with Crippen molar-refractivity contribution in [2.75, 3.05) is 13.7 Å². The fourth-order valence-corrected chi connectivity index (χ4v) is 4.70. The van der Waals surface area contributed by atoms with E-state index in [1.807, 2.05) is 30.3 Å². The Kier molecular flexibility index (Phi) is 12.3. The number of methoxy groups -OCH3 is 1. The van der Waals surface area contributed by atoms with Gasteiger partial charge in [-0.1, -0.05) is 34.8 Å². The van der Waals surface area contributed by atoms with Crippen molar-refractivity contribution < 1.29 is 28.0 Å². The van der Waals surface area contributed by atoms with E-state index in [1.54, 1.807) is 20.8 Å². The van der Waals surface area contributed by atoms with Gasteiger partial charge in [0, 0.05) is 34.4 Å². The quantitative estimate of drug-likeness (QED) is 0.147. The zero-order chi connectivity index (χ0) is 26.7. The van der Waals surface area contributed by atoms with Gasteiger partial charge in [-0.25, -0.2) is 9.59 Å². The molecule has 1 aliphatic heterocycles. The van der Waals surface area contributed by atoms with Gasteiger partial charge in [-0.05, 0) is 64.3 Å². The van der Waals surface area contributed by atoms with Crippen molar-refractivity contribution >= 4 is 45.9 Å². The number of unbranched alkanes of at least 4 members (excludes halogenated alkanes) is 3. The molecule has 1 fully saturated rings. The minimum atomic E-state index is -0.825. The molecule has 200 valence electrons. The molecule has 1 aliphatic rings. The highest BCUT2D eigenvalue weighted by Crippen LogP contribution is 2.30. The number of amides is 2. The first-order chi connectivity index (χ1) is 17.0. The molecular formula is C26H37BrN2O6S. The van der Waals surface area contributed by atoms with Crippen LogP contribution in [0.3, 0.4) is 0 Å². The molecule has 3 atom stereocenters. The summed E-state index contributed by atoms with van der Waals surface area (Å²) >= 11 is 4.61. The first-order valence-corrected chi connectivity index (χ1v) is 13.6. The molecule has 0 aliphatic carbocycles. The van der Waals surface area contributed by atoms with E-state index in [-0.39, 0.29) is 18.6 Å². The summed E-state index contributed by atoms with van der Waals surface area (Å²) in [5, 5.41) is 2.72. The van der Waals surface area contributed by atoms with Crippen LogP contribution in [-0.4, -0.2) is 60.3 Å². The topological polar surface area (TPSA) is 94.2 Å². The Morgan fingerprint density at radius 1 is 1.22 bits per heavy atom. The molecule has 0 bridgehead atoms. The third-order valence-corrected chi connectivity index (χ3v) is 6.86. The van der Waals surface area contributed by atoms with E-state index in [4.69, 9.17) is 13.7 Å². The van der Waals surface area contributed by atoms with Gasteiger partial charge < -0.3 is 23.9 Å². The number of likely N-dealkylation sites (tertiary alicyclic amines) is 1. The lowest BCUT2D eigenvalue weighted by Gasteiger charge is -2.29. The first-order valence-electron chi connectivity index (χ1n) is 12.1. The van der Waals surface area contributed by atoms with Crippen LogP contribution in [0.15, 0.2) is 46.3 Å². The van der Waals surface area contributed by atoms with E-state index >= 15 is 0 Å². The molecule has 8 nitrogen and oxygen atoms in total. The average Bonchev–Trinajstić information content (AvgIpc) is 3.25. The summed E-state index contributed by atoms with van der Waals surface area (Å²) < 4.78 is 17.3. The van der Waals surface area contributed by atoms with Crippen molar-refractivity contribution in [3.05, 3.63) is 41.4 Å². The van der Waals surface area contributed by atoms with E-state index < -0.39 is 29.7 Å². The maximum Gasteiger partial charge on any atom is 0.408 e. The second kappa shape index (κ2) is 14.6. The molecule has 10 heteroatoms. The molecule has 1 aromatic rings. The molecular weight excluding hydrogens is 548 g/mol. The van der Waals surface area contributed by atoms with Gasteiger partial charge in [0.15, 0.2) is 0 Å². The number of benzene rings is 1. The van der Waals surface area contributed by atoms with E-state index in [0.29, 0.717) is 12.8 Å². The van der Waals surface area contributed by atoms with Gasteiger partial charge in [0.25, 0.3) is 0 Å². The minimum Gasteiger partial charge on any atom is -0.467 e. The third kappa shape index (κ3) is 10.1. The molecule has 1 heterocycles. The number of hydrogen-bond donors (Lipinski definition) is 1. The molecule has 0 saturated carbocycles. The van der Waals surface area contributed by atoms with Crippen LogP contribution in [-0.2, 0) is 23.2 Å². The van der Waals surface area contributed by atoms with Crippen LogP contribution in [0.25, 0.3) is 0 Å². The SMILES string of the molecule is C=CCCCCCC(NC(=O)OC(C)(C)C)C(=O)N1CC(OSc2ccc(Br)cc2)CC1C(=O)OC. The van der Waals surface area contributed by atoms with Crippen LogP contribution in [0.5, 0.6) is 0 Å². The molecule has 1 aromatic carbocycles. The van der Waals surface area contributed by atoms with E-state index in [1.165, 1.54) is 24.1 Å². The van der Waals surface area contributed by atoms with Gasteiger partial charge in [-0.15, -0.1) is 6.58 Å². The summed E-state index contributed by atoms with van der Waals surface area (Å²) in [6, 6.07) is 6.04. The number of hydrogen-bond acceptors (Lipinski definition) is 7. The second-order valence-corrected chi connectivity index (χ2v) is 11.4. The van der Waals surface area contributed by atoms with Crippen molar-refractivity contribution in [2.45, 2.75) is 88.0 Å². The van der Waals surface area contributed by atoms with E-state index in [0.717, 1.165) is 35.1 Å². The standard InChI is InChI=1S/C26H37BrN2O6S/c1-6-7-8-9-10-11-21(28-25(32)34-26(2,3)4)23(30)29-17-19(16-22(29)24(31)33-5)35-36-20-14-12-18(27)13-15-20/h6,12-15,19,21-22H,1,7-11,16-17H2,2-5H3,(H,28,32). The Balaban J connectivity index is 2.11. The van der Waals surface area contributed by atoms with Gasteiger partial charge >= 0.3 is 12.1 Å². The van der Waals surface area contributed by atoms with Crippen LogP contribution >= 0.6 is 28.0 Å². The van der Waals surface area contributed by atoms with Crippen molar-refractivity contribution in [1.82, 2.24) is 10.2 Å². The van der Waals surface area contributed by atoms with Gasteiger partial charge in [-0.3, -0.25) is 4.79 Å². The summed E-state index contributed by atoms with van der Waals surface area (Å²) in [6.07, 6.45) is 5.02. The monoisotopic (exact) mass is 584 g/mol. The molecule has 0 spiro atoms. The molecule has 2 rings (SSSR count). The molecule has 0 aromatic heterocycles. The number of esters is 1. The Morgan fingerprint density at radius 2 is 1.92 bits per heavy atom. The van der Waals surface area contributed by atoms with Gasteiger partial charge in [0.05, 0.1) is 13.2 Å². The van der Waals surface area contributed by atoms with Crippen molar-refractivity contribution in [1.29, 1.82) is 0 Å². The summed E-state index contributed by atoms with van der Waals surface area (Å²) in [5.41, 5.74) is -0.701. The van der Waals surface area contributed by atoms with Crippen molar-refractivity contribution in [3.63, 3.8) is 0 Å². The van der Waals surface area contributed by atoms with Crippen LogP contribution in [0.1, 0.15) is 59.3 Å². The lowest BCUT2D eigenvalue weighted by Crippen LogP contribution is -2.52. The average molecular weight is 586 g/mol. The smallest absolute Gasteiger partial charge is 0.408 e. The maximum atomic E-state index is 13.6. The molecule has 1 saturated heterocycles. The second-order valence-electron chi connectivity index (χ2n) is 9.65. The summed E-state index contributed by atoms with van der Waals surface area (Å²) in [4.78, 5) is 41.0. The van der Waals surface area contributed by atoms with Crippen LogP contribution in [0.2, 0.25) is 0 Å². The number of allylic oxidation sites excluding steroid dienone is 1. The number of alkyl carbamates (subject to hydrolysis) is 1. The van der Waals surface area contributed by atoms with Crippen molar-refractivity contribution in [2.24, 2.45) is 0 Å². The number of ether oxygens (including phenoxy) is 2. The number of carbonyl (C=O) groups is 3. The van der Waals surface area contributed by atoms with Crippen molar-refractivity contribution in [3.8, 4) is 0 Å². The fraction of sp³-hybridized carbons (Fsp3) is 0.577. The number of halogens is 1. The normalized spacial score (nSPS) is 18.4. The maximum absolute atomic E-state index is 13.6. The highest BCUT2D eigenvalue weighted by atomic mass is 79.9. The molecule has 3 unspecified atom stereocenters. The van der Waals surface area contributed by atoms with E-state index in [9.17, 15) is 14.4 Å². The van der Waals surface area contributed by atoms with Crippen LogP contribution in [0, 0.1) is 0 Å². The number of nitrogens with one attached hydrogen (secondary N) is 1. The zero-order valence-corrected chi connectivity index (χ0v) is 23.9. The van der Waals surface area contributed by atoms with Crippen LogP contribution < -0.4 is 5.32 Å². The minimum absolute atomic E-state index is 0.213. The first kappa shape index (κ1) is 30.2. The number of carbonyl (C=O) groups excluding carboxylic acids is 3. The fourth-order valence-electron chi connectivity index (χ4n) is 3.81. The predicted molar refractivity (Wildman–Crippen MR) is 143 cm³/mol. The molecule has 2 amide bonds. The Morgan fingerprint density at radius 3 is 2.53 bits per heavy atom. The third-order valence-electron chi connectivity index (χ3n) is 5.50. The Labute approximate surface area is 226 Å². The number of nitrogens with zero attached hydrogens (tertiary/aromatic N) is 1.